The first kappa shape index (κ1) is 12.6. The quantitative estimate of drug-likeness (QED) is 0.776. The van der Waals surface area contributed by atoms with Crippen molar-refractivity contribution in [3.8, 4) is 0 Å². The summed E-state index contributed by atoms with van der Waals surface area (Å²) in [6.45, 7) is 4.67. The second kappa shape index (κ2) is 5.17. The molecule has 0 aliphatic carbocycles. The highest BCUT2D eigenvalue weighted by Crippen LogP contribution is 2.31. The molecule has 0 radical (unpaired) electrons. The van der Waals surface area contributed by atoms with Crippen LogP contribution >= 0.6 is 11.6 Å². The van der Waals surface area contributed by atoms with Crippen LogP contribution in [-0.2, 0) is 9.53 Å². The first-order valence-corrected chi connectivity index (χ1v) is 6.11. The standard InChI is InChI=1S/C13H16ClNO2/c1-9(2)15-12(8-17-13(15)7-16)10-3-5-11(14)6-4-10/h3-7,9,12-13H,8H2,1-2H3/t12-,13?/m0/s1. The van der Waals surface area contributed by atoms with Crippen molar-refractivity contribution in [3.63, 3.8) is 0 Å². The van der Waals surface area contributed by atoms with Crippen molar-refractivity contribution in [2.45, 2.75) is 32.2 Å². The number of hydrogen-bond donors (Lipinski definition) is 0. The molecule has 1 aliphatic rings. The molecule has 1 aliphatic heterocycles. The van der Waals surface area contributed by atoms with Gasteiger partial charge in [0, 0.05) is 11.1 Å². The lowest BCUT2D eigenvalue weighted by Gasteiger charge is -2.29. The van der Waals surface area contributed by atoms with Crippen LogP contribution < -0.4 is 0 Å². The number of carbonyl (C=O) groups excluding carboxylic acids is 1. The number of benzene rings is 1. The van der Waals surface area contributed by atoms with E-state index in [4.69, 9.17) is 16.3 Å². The Balaban J connectivity index is 2.25. The summed E-state index contributed by atoms with van der Waals surface area (Å²) in [6.07, 6.45) is 0.423. The smallest absolute Gasteiger partial charge is 0.167 e. The van der Waals surface area contributed by atoms with E-state index in [1.807, 2.05) is 24.3 Å². The molecule has 0 bridgehead atoms. The Hall–Kier alpha value is -0.900. The summed E-state index contributed by atoms with van der Waals surface area (Å²) in [5.41, 5.74) is 1.13. The third-order valence-electron chi connectivity index (χ3n) is 3.05. The fourth-order valence-electron chi connectivity index (χ4n) is 2.26. The van der Waals surface area contributed by atoms with E-state index in [0.717, 1.165) is 16.9 Å². The largest absolute Gasteiger partial charge is 0.354 e. The predicted molar refractivity (Wildman–Crippen MR) is 67.0 cm³/mol. The number of rotatable bonds is 3. The molecule has 0 spiro atoms. The topological polar surface area (TPSA) is 29.5 Å². The maximum Gasteiger partial charge on any atom is 0.167 e. The van der Waals surface area contributed by atoms with Gasteiger partial charge in [-0.1, -0.05) is 23.7 Å². The molecule has 1 aromatic rings. The molecule has 1 heterocycles. The van der Waals surface area contributed by atoms with Crippen molar-refractivity contribution < 1.29 is 9.53 Å². The van der Waals surface area contributed by atoms with Crippen LogP contribution in [0.3, 0.4) is 0 Å². The van der Waals surface area contributed by atoms with Gasteiger partial charge in [0.15, 0.2) is 12.5 Å². The van der Waals surface area contributed by atoms with Crippen LogP contribution in [0.1, 0.15) is 25.5 Å². The van der Waals surface area contributed by atoms with Gasteiger partial charge in [-0.3, -0.25) is 9.69 Å². The minimum absolute atomic E-state index is 0.127. The van der Waals surface area contributed by atoms with E-state index >= 15 is 0 Å². The molecule has 2 atom stereocenters. The molecule has 92 valence electrons. The Morgan fingerprint density at radius 1 is 1.41 bits per heavy atom. The molecule has 0 aromatic heterocycles. The molecule has 3 nitrogen and oxygen atoms in total. The molecule has 0 amide bonds. The summed E-state index contributed by atoms with van der Waals surface area (Å²) in [4.78, 5) is 13.0. The van der Waals surface area contributed by atoms with Gasteiger partial charge in [-0.15, -0.1) is 0 Å². The van der Waals surface area contributed by atoms with Gasteiger partial charge in [0.2, 0.25) is 0 Å². The lowest BCUT2D eigenvalue weighted by Crippen LogP contribution is -2.38. The first-order valence-electron chi connectivity index (χ1n) is 5.73. The van der Waals surface area contributed by atoms with Gasteiger partial charge >= 0.3 is 0 Å². The van der Waals surface area contributed by atoms with Crippen LogP contribution in [0.15, 0.2) is 24.3 Å². The zero-order valence-corrected chi connectivity index (χ0v) is 10.7. The second-order valence-corrected chi connectivity index (χ2v) is 4.90. The van der Waals surface area contributed by atoms with Crippen molar-refractivity contribution in [2.24, 2.45) is 0 Å². The lowest BCUT2D eigenvalue weighted by atomic mass is 10.1. The highest BCUT2D eigenvalue weighted by molar-refractivity contribution is 6.30. The highest BCUT2D eigenvalue weighted by atomic mass is 35.5. The van der Waals surface area contributed by atoms with Crippen LogP contribution in [-0.4, -0.2) is 30.1 Å². The van der Waals surface area contributed by atoms with E-state index in [0.29, 0.717) is 6.61 Å². The first-order chi connectivity index (χ1) is 8.13. The molecule has 1 unspecified atom stereocenters. The molecular weight excluding hydrogens is 238 g/mol. The van der Waals surface area contributed by atoms with Crippen LogP contribution in [0, 0.1) is 0 Å². The Kier molecular flexibility index (Phi) is 3.82. The fraction of sp³-hybridized carbons (Fsp3) is 0.462. The van der Waals surface area contributed by atoms with E-state index < -0.39 is 6.23 Å². The Morgan fingerprint density at radius 2 is 2.06 bits per heavy atom. The number of aldehydes is 1. The van der Waals surface area contributed by atoms with Crippen LogP contribution in [0.5, 0.6) is 0 Å². The van der Waals surface area contributed by atoms with Crippen LogP contribution in [0.4, 0.5) is 0 Å². The van der Waals surface area contributed by atoms with Crippen molar-refractivity contribution in [2.75, 3.05) is 6.61 Å². The minimum Gasteiger partial charge on any atom is -0.354 e. The normalized spacial score (nSPS) is 25.4. The number of ether oxygens (including phenoxy) is 1. The molecule has 1 aromatic carbocycles. The number of hydrogen-bond acceptors (Lipinski definition) is 3. The summed E-state index contributed by atoms with van der Waals surface area (Å²) >= 11 is 5.87. The van der Waals surface area contributed by atoms with E-state index in [9.17, 15) is 4.79 Å². The Labute approximate surface area is 106 Å². The van der Waals surface area contributed by atoms with E-state index in [1.54, 1.807) is 0 Å². The second-order valence-electron chi connectivity index (χ2n) is 4.47. The van der Waals surface area contributed by atoms with Crippen molar-refractivity contribution >= 4 is 17.9 Å². The summed E-state index contributed by atoms with van der Waals surface area (Å²) in [6, 6.07) is 8.08. The van der Waals surface area contributed by atoms with E-state index in [1.165, 1.54) is 0 Å². The highest BCUT2D eigenvalue weighted by Gasteiger charge is 2.36. The fourth-order valence-corrected chi connectivity index (χ4v) is 2.38. The molecule has 2 rings (SSSR count). The maximum atomic E-state index is 11.0. The van der Waals surface area contributed by atoms with Crippen molar-refractivity contribution in [3.05, 3.63) is 34.9 Å². The number of carbonyl (C=O) groups is 1. The Morgan fingerprint density at radius 3 is 2.59 bits per heavy atom. The Bertz CT molecular complexity index is 391. The minimum atomic E-state index is -0.435. The zero-order valence-electron chi connectivity index (χ0n) is 9.97. The lowest BCUT2D eigenvalue weighted by molar-refractivity contribution is -0.122. The number of nitrogens with zero attached hydrogens (tertiary/aromatic N) is 1. The SMILES string of the molecule is CC(C)N1C(C=O)OC[C@H]1c1ccc(Cl)cc1. The average Bonchev–Trinajstić information content (AvgIpc) is 2.73. The van der Waals surface area contributed by atoms with Gasteiger partial charge in [-0.25, -0.2) is 0 Å². The van der Waals surface area contributed by atoms with Crippen molar-refractivity contribution in [1.82, 2.24) is 4.90 Å². The molecule has 4 heteroatoms. The maximum absolute atomic E-state index is 11.0. The molecule has 17 heavy (non-hydrogen) atoms. The summed E-state index contributed by atoms with van der Waals surface area (Å²) in [5.74, 6) is 0. The van der Waals surface area contributed by atoms with Gasteiger partial charge in [-0.2, -0.15) is 0 Å². The average molecular weight is 254 g/mol. The van der Waals surface area contributed by atoms with Crippen LogP contribution in [0.2, 0.25) is 5.02 Å². The van der Waals surface area contributed by atoms with Crippen molar-refractivity contribution in [1.29, 1.82) is 0 Å². The van der Waals surface area contributed by atoms with Gasteiger partial charge in [0.25, 0.3) is 0 Å². The molecule has 0 saturated carbocycles. The van der Waals surface area contributed by atoms with Gasteiger partial charge in [0.05, 0.1) is 12.6 Å². The third kappa shape index (κ3) is 2.51. The molecule has 1 saturated heterocycles. The third-order valence-corrected chi connectivity index (χ3v) is 3.30. The predicted octanol–water partition coefficient (Wildman–Crippen LogP) is 2.65. The molecular formula is C13H16ClNO2. The monoisotopic (exact) mass is 253 g/mol. The van der Waals surface area contributed by atoms with Crippen LogP contribution in [0.25, 0.3) is 0 Å². The van der Waals surface area contributed by atoms with Gasteiger partial charge in [0.1, 0.15) is 0 Å². The molecule has 0 N–H and O–H groups in total. The molecule has 1 fully saturated rings. The summed E-state index contributed by atoms with van der Waals surface area (Å²) < 4.78 is 5.50. The summed E-state index contributed by atoms with van der Waals surface area (Å²) in [7, 11) is 0. The zero-order chi connectivity index (χ0) is 12.4. The number of halogens is 1. The van der Waals surface area contributed by atoms with E-state index in [-0.39, 0.29) is 12.1 Å². The van der Waals surface area contributed by atoms with Gasteiger partial charge in [-0.05, 0) is 31.5 Å². The summed E-state index contributed by atoms with van der Waals surface area (Å²) in [5, 5.41) is 0.718. The van der Waals surface area contributed by atoms with Gasteiger partial charge < -0.3 is 4.74 Å². The van der Waals surface area contributed by atoms with E-state index in [2.05, 4.69) is 18.7 Å².